The first-order valence-electron chi connectivity index (χ1n) is 4.70. The molecule has 2 aliphatic heterocycles. The number of aliphatic imine (C=N–C) groups is 1. The summed E-state index contributed by atoms with van der Waals surface area (Å²) in [7, 11) is -9.36. The minimum atomic E-state index is -4.68. The number of hydrogen-bond donors (Lipinski definition) is 1. The standard InChI is InChI=1S/C6H10N2O7S2/c1-2-6(5-7-3-4-8-5)13-16(9,10)15-17(11,12)14-6/h2-4H2,1H3,(H,7,8). The summed E-state index contributed by atoms with van der Waals surface area (Å²) in [6, 6.07) is 0. The molecule has 1 saturated heterocycles. The highest BCUT2D eigenvalue weighted by Gasteiger charge is 2.53. The number of rotatable bonds is 2. The molecule has 2 aliphatic rings. The molecule has 0 radical (unpaired) electrons. The predicted molar refractivity (Wildman–Crippen MR) is 54.4 cm³/mol. The van der Waals surface area contributed by atoms with Crippen LogP contribution in [0.5, 0.6) is 0 Å². The van der Waals surface area contributed by atoms with Gasteiger partial charge in [0.25, 0.3) is 5.79 Å². The summed E-state index contributed by atoms with van der Waals surface area (Å²) in [6.07, 6.45) is -0.0688. The molecule has 11 heteroatoms. The van der Waals surface area contributed by atoms with Crippen molar-refractivity contribution in [2.75, 3.05) is 13.1 Å². The number of nitrogens with zero attached hydrogens (tertiary/aromatic N) is 1. The summed E-state index contributed by atoms with van der Waals surface area (Å²) in [5.41, 5.74) is 0. The lowest BCUT2D eigenvalue weighted by Crippen LogP contribution is -2.54. The summed E-state index contributed by atoms with van der Waals surface area (Å²) in [5, 5.41) is 2.71. The Bertz CT molecular complexity index is 515. The van der Waals surface area contributed by atoms with Crippen molar-refractivity contribution in [2.24, 2.45) is 4.99 Å². The second kappa shape index (κ2) is 3.88. The van der Waals surface area contributed by atoms with Crippen molar-refractivity contribution in [2.45, 2.75) is 19.1 Å². The lowest BCUT2D eigenvalue weighted by Gasteiger charge is -2.32. The van der Waals surface area contributed by atoms with Crippen molar-refractivity contribution in [3.63, 3.8) is 0 Å². The summed E-state index contributed by atoms with van der Waals surface area (Å²) in [4.78, 5) is 3.90. The lowest BCUT2D eigenvalue weighted by molar-refractivity contribution is -0.0750. The van der Waals surface area contributed by atoms with Crippen LogP contribution >= 0.6 is 0 Å². The molecular formula is C6H10N2O7S2. The minimum Gasteiger partial charge on any atom is -0.367 e. The van der Waals surface area contributed by atoms with E-state index in [1.54, 1.807) is 0 Å². The quantitative estimate of drug-likeness (QED) is 0.661. The SMILES string of the molecule is CCC1(C2=NCCN2)OS(=O)(=O)OS(=O)(=O)O1. The van der Waals surface area contributed by atoms with Crippen LogP contribution in [0.15, 0.2) is 4.99 Å². The van der Waals surface area contributed by atoms with Crippen LogP contribution in [-0.2, 0) is 32.8 Å². The van der Waals surface area contributed by atoms with E-state index in [1.807, 2.05) is 0 Å². The van der Waals surface area contributed by atoms with Crippen LogP contribution < -0.4 is 5.32 Å². The van der Waals surface area contributed by atoms with Crippen molar-refractivity contribution in [3.8, 4) is 0 Å². The molecule has 0 unspecified atom stereocenters. The van der Waals surface area contributed by atoms with Gasteiger partial charge in [-0.3, -0.25) is 4.99 Å². The van der Waals surface area contributed by atoms with Crippen molar-refractivity contribution in [1.29, 1.82) is 0 Å². The van der Waals surface area contributed by atoms with Gasteiger partial charge in [0.15, 0.2) is 5.84 Å². The first kappa shape index (κ1) is 12.7. The minimum absolute atomic E-state index is 0.0236. The molecule has 0 atom stereocenters. The first-order chi connectivity index (χ1) is 7.79. The average molecular weight is 286 g/mol. The van der Waals surface area contributed by atoms with Crippen LogP contribution in [0.4, 0.5) is 0 Å². The van der Waals surface area contributed by atoms with E-state index >= 15 is 0 Å². The van der Waals surface area contributed by atoms with Gasteiger partial charge in [0, 0.05) is 13.0 Å². The van der Waals surface area contributed by atoms with Crippen molar-refractivity contribution in [1.82, 2.24) is 5.32 Å². The summed E-state index contributed by atoms with van der Waals surface area (Å²) < 4.78 is 57.7. The van der Waals surface area contributed by atoms with Crippen LogP contribution in [0.1, 0.15) is 13.3 Å². The van der Waals surface area contributed by atoms with E-state index in [0.29, 0.717) is 13.1 Å². The van der Waals surface area contributed by atoms with Gasteiger partial charge in [-0.2, -0.15) is 16.8 Å². The van der Waals surface area contributed by atoms with Crippen molar-refractivity contribution < 1.29 is 28.8 Å². The molecule has 0 spiro atoms. The van der Waals surface area contributed by atoms with Gasteiger partial charge in [-0.05, 0) is 0 Å². The molecule has 0 aliphatic carbocycles. The molecule has 1 fully saturated rings. The third kappa shape index (κ3) is 2.42. The smallest absolute Gasteiger partial charge is 0.367 e. The second-order valence-electron chi connectivity index (χ2n) is 3.31. The maximum atomic E-state index is 11.2. The molecule has 0 amide bonds. The van der Waals surface area contributed by atoms with E-state index in [4.69, 9.17) is 0 Å². The Morgan fingerprint density at radius 3 is 2.29 bits per heavy atom. The maximum Gasteiger partial charge on any atom is 0.419 e. The van der Waals surface area contributed by atoms with E-state index in [-0.39, 0.29) is 12.3 Å². The fraction of sp³-hybridized carbons (Fsp3) is 0.833. The number of nitrogens with one attached hydrogen (secondary N) is 1. The van der Waals surface area contributed by atoms with Gasteiger partial charge < -0.3 is 5.32 Å². The van der Waals surface area contributed by atoms with E-state index in [2.05, 4.69) is 22.3 Å². The normalized spacial score (nSPS) is 29.4. The van der Waals surface area contributed by atoms with Gasteiger partial charge in [-0.15, -0.1) is 3.63 Å². The van der Waals surface area contributed by atoms with E-state index < -0.39 is 26.6 Å². The summed E-state index contributed by atoms with van der Waals surface area (Å²) in [6.45, 7) is 2.33. The zero-order valence-corrected chi connectivity index (χ0v) is 10.4. The van der Waals surface area contributed by atoms with Gasteiger partial charge in [0.05, 0.1) is 6.54 Å². The molecule has 1 N–H and O–H groups in total. The zero-order chi connectivity index (χ0) is 12.7. The summed E-state index contributed by atoms with van der Waals surface area (Å²) >= 11 is 0. The van der Waals surface area contributed by atoms with Gasteiger partial charge in [-0.1, -0.05) is 6.92 Å². The van der Waals surface area contributed by atoms with Crippen LogP contribution in [0.25, 0.3) is 0 Å². The Balaban J connectivity index is 2.47. The maximum absolute atomic E-state index is 11.2. The topological polar surface area (TPSA) is 120 Å². The third-order valence-corrected chi connectivity index (χ3v) is 4.42. The molecule has 0 bridgehead atoms. The highest BCUT2D eigenvalue weighted by Crippen LogP contribution is 2.32. The Labute approximate surface area is 98.4 Å². The monoisotopic (exact) mass is 286 g/mol. The van der Waals surface area contributed by atoms with E-state index in [9.17, 15) is 16.8 Å². The summed E-state index contributed by atoms with van der Waals surface area (Å²) in [5.74, 6) is -1.97. The van der Waals surface area contributed by atoms with Gasteiger partial charge in [0.1, 0.15) is 0 Å². The molecule has 9 nitrogen and oxygen atoms in total. The van der Waals surface area contributed by atoms with Crippen LogP contribution in [-0.4, -0.2) is 41.5 Å². The Hall–Kier alpha value is -0.750. The molecule has 2 heterocycles. The Morgan fingerprint density at radius 2 is 1.88 bits per heavy atom. The van der Waals surface area contributed by atoms with Gasteiger partial charge in [0.2, 0.25) is 0 Å². The number of hydrogen-bond acceptors (Lipinski definition) is 9. The van der Waals surface area contributed by atoms with E-state index in [1.165, 1.54) is 6.92 Å². The fourth-order valence-corrected chi connectivity index (χ4v) is 3.69. The molecule has 0 aromatic carbocycles. The molecular weight excluding hydrogens is 276 g/mol. The lowest BCUT2D eigenvalue weighted by atomic mass is 10.2. The number of amidine groups is 1. The van der Waals surface area contributed by atoms with Crippen molar-refractivity contribution in [3.05, 3.63) is 0 Å². The van der Waals surface area contributed by atoms with Crippen LogP contribution in [0.3, 0.4) is 0 Å². The Kier molecular flexibility index (Phi) is 2.90. The van der Waals surface area contributed by atoms with Crippen molar-refractivity contribution >= 4 is 26.6 Å². The largest absolute Gasteiger partial charge is 0.419 e. The molecule has 2 rings (SSSR count). The van der Waals surface area contributed by atoms with E-state index in [0.717, 1.165) is 0 Å². The molecule has 0 saturated carbocycles. The molecule has 17 heavy (non-hydrogen) atoms. The fourth-order valence-electron chi connectivity index (χ4n) is 1.49. The second-order valence-corrected chi connectivity index (χ2v) is 5.83. The predicted octanol–water partition coefficient (Wildman–Crippen LogP) is -1.35. The third-order valence-electron chi connectivity index (χ3n) is 2.14. The highest BCUT2D eigenvalue weighted by molar-refractivity contribution is 7.95. The van der Waals surface area contributed by atoms with Crippen LogP contribution in [0, 0.1) is 0 Å². The van der Waals surface area contributed by atoms with Gasteiger partial charge >= 0.3 is 20.8 Å². The van der Waals surface area contributed by atoms with Gasteiger partial charge in [-0.25, -0.2) is 8.37 Å². The first-order valence-corrected chi connectivity index (χ1v) is 7.36. The molecule has 98 valence electrons. The zero-order valence-electron chi connectivity index (χ0n) is 8.74. The highest BCUT2D eigenvalue weighted by atomic mass is 32.3. The Morgan fingerprint density at radius 1 is 1.29 bits per heavy atom. The van der Waals surface area contributed by atoms with Crippen LogP contribution in [0.2, 0.25) is 0 Å². The average Bonchev–Trinajstić information content (AvgIpc) is 2.65. The molecule has 0 aromatic rings. The molecule has 0 aromatic heterocycles.